The van der Waals surface area contributed by atoms with Gasteiger partial charge >= 0.3 is 0 Å². The molecular formula is C16H17N3O2. The van der Waals surface area contributed by atoms with Gasteiger partial charge in [-0.3, -0.25) is 15.4 Å². The predicted octanol–water partition coefficient (Wildman–Crippen LogP) is 1.83. The molecule has 0 aromatic heterocycles. The highest BCUT2D eigenvalue weighted by Crippen LogP contribution is 2.19. The molecule has 0 unspecified atom stereocenters. The molecule has 3 rings (SSSR count). The van der Waals surface area contributed by atoms with Crippen molar-refractivity contribution in [3.63, 3.8) is 0 Å². The van der Waals surface area contributed by atoms with Crippen molar-refractivity contribution in [3.8, 4) is 0 Å². The van der Waals surface area contributed by atoms with Crippen LogP contribution in [-0.4, -0.2) is 16.1 Å². The van der Waals surface area contributed by atoms with Crippen LogP contribution in [0.25, 0.3) is 0 Å². The van der Waals surface area contributed by atoms with Gasteiger partial charge in [-0.25, -0.2) is 10.5 Å². The fraction of sp³-hybridized carbons (Fsp3) is 0.188. The van der Waals surface area contributed by atoms with Gasteiger partial charge in [0.15, 0.2) is 0 Å². The maximum atomic E-state index is 11.4. The molecule has 5 nitrogen and oxygen atoms in total. The molecule has 0 radical (unpaired) electrons. The zero-order chi connectivity index (χ0) is 14.7. The third-order valence-corrected chi connectivity index (χ3v) is 3.64. The predicted molar refractivity (Wildman–Crippen MR) is 78.2 cm³/mol. The molecule has 0 spiro atoms. The summed E-state index contributed by atoms with van der Waals surface area (Å²) in [6.45, 7) is 2.29. The van der Waals surface area contributed by atoms with Crippen molar-refractivity contribution < 1.29 is 10.0 Å². The number of carbonyl (C=O) groups is 1. The first kappa shape index (κ1) is 13.8. The minimum atomic E-state index is -0.482. The molecule has 1 heterocycles. The lowest BCUT2D eigenvalue weighted by Gasteiger charge is -2.30. The number of carbonyl (C=O) groups excluding carboxylic acids is 1. The molecule has 0 atom stereocenters. The number of nitrogens with one attached hydrogen (secondary N) is 2. The maximum Gasteiger partial charge on any atom is 0.274 e. The van der Waals surface area contributed by atoms with Gasteiger partial charge in [0.05, 0.1) is 0 Å². The van der Waals surface area contributed by atoms with E-state index in [-0.39, 0.29) is 0 Å². The Morgan fingerprint density at radius 1 is 1.19 bits per heavy atom. The van der Waals surface area contributed by atoms with E-state index in [2.05, 4.69) is 22.6 Å². The number of nitrogens with zero attached hydrogens (tertiary/aromatic N) is 1. The zero-order valence-electron chi connectivity index (χ0n) is 11.5. The molecule has 21 heavy (non-hydrogen) atoms. The average Bonchev–Trinajstić information content (AvgIpc) is 2.54. The summed E-state index contributed by atoms with van der Waals surface area (Å²) in [5.41, 5.74) is 9.01. The van der Waals surface area contributed by atoms with Gasteiger partial charge in [0.2, 0.25) is 0 Å². The van der Waals surface area contributed by atoms with Crippen LogP contribution in [0.4, 0.5) is 0 Å². The average molecular weight is 283 g/mol. The lowest BCUT2D eigenvalue weighted by molar-refractivity contribution is 0.0706. The van der Waals surface area contributed by atoms with Gasteiger partial charge in [0.1, 0.15) is 0 Å². The number of hydrogen-bond acceptors (Lipinski definition) is 4. The number of hydrazine groups is 1. The molecule has 1 aliphatic heterocycles. The quantitative estimate of drug-likeness (QED) is 0.594. The molecule has 108 valence electrons. The lowest BCUT2D eigenvalue weighted by atomic mass is 10.0. The summed E-state index contributed by atoms with van der Waals surface area (Å²) in [7, 11) is 0. The van der Waals surface area contributed by atoms with E-state index in [1.807, 2.05) is 30.3 Å². The molecule has 1 amide bonds. The fourth-order valence-electron chi connectivity index (χ4n) is 2.52. The van der Waals surface area contributed by atoms with Crippen LogP contribution < -0.4 is 10.9 Å². The van der Waals surface area contributed by atoms with E-state index in [1.54, 1.807) is 11.5 Å². The van der Waals surface area contributed by atoms with Crippen LogP contribution in [-0.2, 0) is 19.6 Å². The van der Waals surface area contributed by atoms with Crippen LogP contribution in [0.1, 0.15) is 27.0 Å². The first-order valence-electron chi connectivity index (χ1n) is 6.85. The second-order valence-corrected chi connectivity index (χ2v) is 5.10. The Labute approximate surface area is 123 Å². The van der Waals surface area contributed by atoms with Gasteiger partial charge in [0, 0.05) is 25.2 Å². The van der Waals surface area contributed by atoms with Crippen molar-refractivity contribution in [1.82, 2.24) is 15.9 Å². The molecule has 2 aromatic carbocycles. The first-order chi connectivity index (χ1) is 10.3. The molecule has 2 aromatic rings. The highest BCUT2D eigenvalue weighted by atomic mass is 16.5. The Bertz CT molecular complexity index is 643. The molecular weight excluding hydrogens is 266 g/mol. The number of hydroxylamine groups is 1. The monoisotopic (exact) mass is 283 g/mol. The smallest absolute Gasteiger partial charge is 0.274 e. The van der Waals surface area contributed by atoms with Crippen molar-refractivity contribution in [2.24, 2.45) is 0 Å². The van der Waals surface area contributed by atoms with Gasteiger partial charge < -0.3 is 0 Å². The SMILES string of the molecule is O=C(NO)c1ccc2c(c1)CNN(Cc1ccccc1)C2. The number of rotatable bonds is 3. The van der Waals surface area contributed by atoms with E-state index < -0.39 is 5.91 Å². The van der Waals surface area contributed by atoms with E-state index in [0.29, 0.717) is 12.1 Å². The standard InChI is InChI=1S/C16H17N3O2/c20-16(18-21)13-6-7-14-11-19(17-9-15(14)8-13)10-12-4-2-1-3-5-12/h1-8,17,21H,9-11H2,(H,18,20). The molecule has 3 N–H and O–H groups in total. The largest absolute Gasteiger partial charge is 0.288 e. The van der Waals surface area contributed by atoms with E-state index >= 15 is 0 Å². The topological polar surface area (TPSA) is 64.6 Å². The first-order valence-corrected chi connectivity index (χ1v) is 6.85. The minimum Gasteiger partial charge on any atom is -0.288 e. The molecule has 0 fully saturated rings. The summed E-state index contributed by atoms with van der Waals surface area (Å²) < 4.78 is 0. The van der Waals surface area contributed by atoms with Gasteiger partial charge in [-0.1, -0.05) is 36.4 Å². The van der Waals surface area contributed by atoms with Crippen LogP contribution in [0.5, 0.6) is 0 Å². The lowest BCUT2D eigenvalue weighted by Crippen LogP contribution is -2.40. The van der Waals surface area contributed by atoms with Crippen LogP contribution in [0.15, 0.2) is 48.5 Å². The van der Waals surface area contributed by atoms with E-state index in [1.165, 1.54) is 11.1 Å². The van der Waals surface area contributed by atoms with Crippen LogP contribution >= 0.6 is 0 Å². The van der Waals surface area contributed by atoms with Gasteiger partial charge in [0.25, 0.3) is 5.91 Å². The Hall–Kier alpha value is -2.21. The second-order valence-electron chi connectivity index (χ2n) is 5.10. The highest BCUT2D eigenvalue weighted by Gasteiger charge is 2.17. The zero-order valence-corrected chi connectivity index (χ0v) is 11.5. The van der Waals surface area contributed by atoms with Crippen molar-refractivity contribution >= 4 is 5.91 Å². The Morgan fingerprint density at radius 3 is 2.76 bits per heavy atom. The third-order valence-electron chi connectivity index (χ3n) is 3.64. The van der Waals surface area contributed by atoms with Crippen LogP contribution in [0.2, 0.25) is 0 Å². The summed E-state index contributed by atoms with van der Waals surface area (Å²) in [5, 5.41) is 10.8. The van der Waals surface area contributed by atoms with Gasteiger partial charge in [-0.15, -0.1) is 0 Å². The Morgan fingerprint density at radius 2 is 2.00 bits per heavy atom. The second kappa shape index (κ2) is 6.05. The number of fused-ring (bicyclic) bond motifs is 1. The van der Waals surface area contributed by atoms with E-state index in [9.17, 15) is 4.79 Å². The van der Waals surface area contributed by atoms with Crippen molar-refractivity contribution in [1.29, 1.82) is 0 Å². The Kier molecular flexibility index (Phi) is 3.96. The molecule has 0 saturated carbocycles. The third kappa shape index (κ3) is 3.11. The number of hydrogen-bond donors (Lipinski definition) is 3. The number of amides is 1. The summed E-state index contributed by atoms with van der Waals surface area (Å²) in [6.07, 6.45) is 0. The molecule has 0 saturated heterocycles. The normalized spacial score (nSPS) is 14.5. The summed E-state index contributed by atoms with van der Waals surface area (Å²) in [5.74, 6) is -0.482. The molecule has 5 heteroatoms. The summed E-state index contributed by atoms with van der Waals surface area (Å²) >= 11 is 0. The van der Waals surface area contributed by atoms with Crippen LogP contribution in [0.3, 0.4) is 0 Å². The highest BCUT2D eigenvalue weighted by molar-refractivity contribution is 5.93. The van der Waals surface area contributed by atoms with Crippen LogP contribution in [0, 0.1) is 0 Å². The fourth-order valence-corrected chi connectivity index (χ4v) is 2.52. The van der Waals surface area contributed by atoms with Gasteiger partial charge in [-0.05, 0) is 28.8 Å². The maximum absolute atomic E-state index is 11.4. The van der Waals surface area contributed by atoms with Crippen molar-refractivity contribution in [2.75, 3.05) is 0 Å². The van der Waals surface area contributed by atoms with E-state index in [4.69, 9.17) is 5.21 Å². The Balaban J connectivity index is 1.73. The van der Waals surface area contributed by atoms with Crippen molar-refractivity contribution in [2.45, 2.75) is 19.6 Å². The summed E-state index contributed by atoms with van der Waals surface area (Å²) in [4.78, 5) is 11.4. The van der Waals surface area contributed by atoms with Crippen molar-refractivity contribution in [3.05, 3.63) is 70.8 Å². The van der Waals surface area contributed by atoms with Gasteiger partial charge in [-0.2, -0.15) is 0 Å². The molecule has 0 aliphatic carbocycles. The molecule has 1 aliphatic rings. The minimum absolute atomic E-state index is 0.467. The number of benzene rings is 2. The van der Waals surface area contributed by atoms with E-state index in [0.717, 1.165) is 18.7 Å². The molecule has 0 bridgehead atoms. The summed E-state index contributed by atoms with van der Waals surface area (Å²) in [6, 6.07) is 15.8.